The average Bonchev–Trinajstić information content (AvgIpc) is 2.42. The molecule has 2 atom stereocenters. The van der Waals surface area contributed by atoms with Crippen LogP contribution in [0.25, 0.3) is 0 Å². The molecule has 0 amide bonds. The first-order valence-corrected chi connectivity index (χ1v) is 6.68. The molecule has 0 saturated heterocycles. The van der Waals surface area contributed by atoms with Gasteiger partial charge in [0.1, 0.15) is 0 Å². The quantitative estimate of drug-likeness (QED) is 0.494. The summed E-state index contributed by atoms with van der Waals surface area (Å²) in [5.74, 6) is -1.35. The number of carbonyl (C=O) groups is 1. The Bertz CT molecular complexity index is 351. The number of hydrogen-bond donors (Lipinski definition) is 2. The standard InChI is InChI=1S/C14H22N2O3/c1-2-3-9-19-10-5-4-7-16-13-11-15-8-6-12(13)14(17)18/h3,6,8-9,11-13,16H,2,4-5,7,10H2,1H3,(H,17,18)/b9-3+. The molecule has 1 aliphatic rings. The summed E-state index contributed by atoms with van der Waals surface area (Å²) >= 11 is 0. The van der Waals surface area contributed by atoms with Crippen LogP contribution in [0.1, 0.15) is 26.2 Å². The number of carboxylic acids is 1. The summed E-state index contributed by atoms with van der Waals surface area (Å²) in [5, 5.41) is 12.3. The molecule has 2 N–H and O–H groups in total. The molecule has 0 saturated carbocycles. The van der Waals surface area contributed by atoms with Crippen LogP contribution in [0.4, 0.5) is 0 Å². The van der Waals surface area contributed by atoms with E-state index in [1.54, 1.807) is 18.6 Å². The van der Waals surface area contributed by atoms with Crippen LogP contribution >= 0.6 is 0 Å². The largest absolute Gasteiger partial charge is 0.502 e. The van der Waals surface area contributed by atoms with Gasteiger partial charge < -0.3 is 15.2 Å². The second kappa shape index (κ2) is 9.33. The number of allylic oxidation sites excluding steroid dienone is 1. The topological polar surface area (TPSA) is 70.9 Å². The summed E-state index contributed by atoms with van der Waals surface area (Å²) in [6, 6.07) is -0.219. The monoisotopic (exact) mass is 266 g/mol. The Hall–Kier alpha value is -1.62. The number of rotatable bonds is 9. The van der Waals surface area contributed by atoms with E-state index in [0.29, 0.717) is 6.61 Å². The molecule has 0 spiro atoms. The molecule has 0 bridgehead atoms. The summed E-state index contributed by atoms with van der Waals surface area (Å²) in [6.07, 6.45) is 11.4. The molecule has 0 fully saturated rings. The van der Waals surface area contributed by atoms with E-state index in [1.807, 2.05) is 6.08 Å². The number of ether oxygens (including phenoxy) is 1. The number of carboxylic acid groups (broad SMARTS) is 1. The Labute approximate surface area is 114 Å². The highest BCUT2D eigenvalue weighted by Crippen LogP contribution is 2.09. The van der Waals surface area contributed by atoms with Gasteiger partial charge in [-0.1, -0.05) is 19.1 Å². The third-order valence-electron chi connectivity index (χ3n) is 2.80. The highest BCUT2D eigenvalue weighted by Gasteiger charge is 2.25. The molecule has 0 aromatic rings. The summed E-state index contributed by atoms with van der Waals surface area (Å²) < 4.78 is 5.29. The zero-order valence-corrected chi connectivity index (χ0v) is 11.3. The fraction of sp³-hybridized carbons (Fsp3) is 0.571. The number of aliphatic carboxylic acids is 1. The smallest absolute Gasteiger partial charge is 0.312 e. The maximum absolute atomic E-state index is 11.0. The van der Waals surface area contributed by atoms with Crippen molar-refractivity contribution < 1.29 is 14.6 Å². The van der Waals surface area contributed by atoms with Crippen LogP contribution in [0.5, 0.6) is 0 Å². The Kier molecular flexibility index (Phi) is 7.58. The number of aliphatic imine (C=N–C) groups is 1. The van der Waals surface area contributed by atoms with Crippen LogP contribution < -0.4 is 5.32 Å². The fourth-order valence-electron chi connectivity index (χ4n) is 1.72. The van der Waals surface area contributed by atoms with E-state index in [1.165, 1.54) is 6.20 Å². The van der Waals surface area contributed by atoms with Gasteiger partial charge in [-0.15, -0.1) is 0 Å². The third-order valence-corrected chi connectivity index (χ3v) is 2.80. The van der Waals surface area contributed by atoms with Crippen LogP contribution in [-0.4, -0.2) is 36.5 Å². The minimum atomic E-state index is -0.826. The molecule has 1 aliphatic heterocycles. The number of nitrogens with one attached hydrogen (secondary N) is 1. The second-order valence-electron chi connectivity index (χ2n) is 4.34. The average molecular weight is 266 g/mol. The lowest BCUT2D eigenvalue weighted by Crippen LogP contribution is -2.42. The molecule has 5 heteroatoms. The summed E-state index contributed by atoms with van der Waals surface area (Å²) in [6.45, 7) is 3.51. The van der Waals surface area contributed by atoms with Crippen molar-refractivity contribution in [2.24, 2.45) is 10.9 Å². The van der Waals surface area contributed by atoms with Gasteiger partial charge in [0.15, 0.2) is 0 Å². The molecule has 0 radical (unpaired) electrons. The molecule has 0 aromatic carbocycles. The molecule has 0 aliphatic carbocycles. The zero-order chi connectivity index (χ0) is 13.9. The lowest BCUT2D eigenvalue weighted by atomic mass is 9.99. The first kappa shape index (κ1) is 15.4. The van der Waals surface area contributed by atoms with Gasteiger partial charge in [0, 0.05) is 12.4 Å². The molecule has 0 aromatic heterocycles. The van der Waals surface area contributed by atoms with Crippen molar-refractivity contribution in [2.75, 3.05) is 13.2 Å². The highest BCUT2D eigenvalue weighted by molar-refractivity contribution is 5.81. The number of hydrogen-bond acceptors (Lipinski definition) is 4. The fourth-order valence-corrected chi connectivity index (χ4v) is 1.72. The van der Waals surface area contributed by atoms with Crippen LogP contribution in [-0.2, 0) is 9.53 Å². The van der Waals surface area contributed by atoms with Gasteiger partial charge in [-0.05, 0) is 25.8 Å². The molecule has 106 valence electrons. The number of unbranched alkanes of at least 4 members (excludes halogenated alkanes) is 1. The summed E-state index contributed by atoms with van der Waals surface area (Å²) in [7, 11) is 0. The molecule has 1 rings (SSSR count). The van der Waals surface area contributed by atoms with Crippen molar-refractivity contribution in [3.63, 3.8) is 0 Å². The van der Waals surface area contributed by atoms with Gasteiger partial charge in [0.2, 0.25) is 0 Å². The maximum atomic E-state index is 11.0. The van der Waals surface area contributed by atoms with Crippen LogP contribution in [0.2, 0.25) is 0 Å². The molecule has 19 heavy (non-hydrogen) atoms. The SMILES string of the molecule is CC/C=C/OCCCCNC1C=NC=CC1C(=O)O. The van der Waals surface area contributed by atoms with Crippen molar-refractivity contribution in [3.8, 4) is 0 Å². The first-order chi connectivity index (χ1) is 9.25. The van der Waals surface area contributed by atoms with Crippen molar-refractivity contribution >= 4 is 12.2 Å². The molecular formula is C14H22N2O3. The highest BCUT2D eigenvalue weighted by atomic mass is 16.5. The molecule has 2 unspecified atom stereocenters. The Morgan fingerprint density at radius 3 is 3.11 bits per heavy atom. The first-order valence-electron chi connectivity index (χ1n) is 6.68. The normalized spacial score (nSPS) is 21.9. The van der Waals surface area contributed by atoms with Crippen molar-refractivity contribution in [2.45, 2.75) is 32.2 Å². The zero-order valence-electron chi connectivity index (χ0n) is 11.3. The van der Waals surface area contributed by atoms with E-state index >= 15 is 0 Å². The van der Waals surface area contributed by atoms with Gasteiger partial charge in [-0.2, -0.15) is 0 Å². The Morgan fingerprint density at radius 2 is 2.37 bits per heavy atom. The van der Waals surface area contributed by atoms with E-state index in [-0.39, 0.29) is 6.04 Å². The van der Waals surface area contributed by atoms with Crippen molar-refractivity contribution in [1.29, 1.82) is 0 Å². The van der Waals surface area contributed by atoms with E-state index in [4.69, 9.17) is 9.84 Å². The van der Waals surface area contributed by atoms with Crippen LogP contribution in [0.15, 0.2) is 29.6 Å². The minimum Gasteiger partial charge on any atom is -0.502 e. The van der Waals surface area contributed by atoms with E-state index < -0.39 is 11.9 Å². The van der Waals surface area contributed by atoms with Gasteiger partial charge in [0.05, 0.1) is 24.8 Å². The van der Waals surface area contributed by atoms with Crippen LogP contribution in [0.3, 0.4) is 0 Å². The van der Waals surface area contributed by atoms with Crippen molar-refractivity contribution in [1.82, 2.24) is 5.32 Å². The van der Waals surface area contributed by atoms with E-state index in [2.05, 4.69) is 17.2 Å². The van der Waals surface area contributed by atoms with Crippen molar-refractivity contribution in [3.05, 3.63) is 24.6 Å². The maximum Gasteiger partial charge on any atom is 0.312 e. The van der Waals surface area contributed by atoms with Gasteiger partial charge >= 0.3 is 5.97 Å². The molecular weight excluding hydrogens is 244 g/mol. The third kappa shape index (κ3) is 6.20. The molecule has 5 nitrogen and oxygen atoms in total. The predicted octanol–water partition coefficient (Wildman–Crippen LogP) is 1.96. The minimum absolute atomic E-state index is 0.219. The summed E-state index contributed by atoms with van der Waals surface area (Å²) in [5.41, 5.74) is 0. The van der Waals surface area contributed by atoms with E-state index in [0.717, 1.165) is 25.8 Å². The lowest BCUT2D eigenvalue weighted by molar-refractivity contribution is -0.140. The van der Waals surface area contributed by atoms with Gasteiger partial charge in [-0.25, -0.2) is 0 Å². The van der Waals surface area contributed by atoms with Crippen LogP contribution in [0, 0.1) is 5.92 Å². The van der Waals surface area contributed by atoms with Gasteiger partial charge in [0.25, 0.3) is 0 Å². The molecule has 1 heterocycles. The second-order valence-corrected chi connectivity index (χ2v) is 4.34. The summed E-state index contributed by atoms with van der Waals surface area (Å²) in [4.78, 5) is 15.0. The number of nitrogens with zero attached hydrogens (tertiary/aromatic N) is 1. The van der Waals surface area contributed by atoms with E-state index in [9.17, 15) is 4.79 Å². The Morgan fingerprint density at radius 1 is 1.53 bits per heavy atom. The van der Waals surface area contributed by atoms with Gasteiger partial charge in [-0.3, -0.25) is 9.79 Å². The Balaban J connectivity index is 2.11. The lowest BCUT2D eigenvalue weighted by Gasteiger charge is -2.20. The predicted molar refractivity (Wildman–Crippen MR) is 75.2 cm³/mol.